The molecule has 0 radical (unpaired) electrons. The standard InChI is InChI=1S/C19H18N4O/c1-11-7-12(10-22-9-11)17-14-3-4-16-13(5-6-23(16)2)18(14)24-19(21)15(17)8-20/h3-4,7,9-10,15,17,21H,5-6H2,1-2H3. The first kappa shape index (κ1) is 14.7. The number of anilines is 1. The molecule has 2 atom stereocenters. The molecule has 5 nitrogen and oxygen atoms in total. The summed E-state index contributed by atoms with van der Waals surface area (Å²) in [5.41, 5.74) is 5.28. The molecule has 5 heteroatoms. The van der Waals surface area contributed by atoms with Crippen molar-refractivity contribution >= 4 is 11.6 Å². The molecule has 2 aromatic rings. The van der Waals surface area contributed by atoms with E-state index in [0.29, 0.717) is 0 Å². The van der Waals surface area contributed by atoms with Gasteiger partial charge in [0.05, 0.1) is 6.07 Å². The van der Waals surface area contributed by atoms with E-state index < -0.39 is 5.92 Å². The van der Waals surface area contributed by atoms with Gasteiger partial charge in [-0.05, 0) is 30.5 Å². The monoisotopic (exact) mass is 318 g/mol. The highest BCUT2D eigenvalue weighted by molar-refractivity contribution is 5.86. The molecule has 0 bridgehead atoms. The Kier molecular flexibility index (Phi) is 3.27. The van der Waals surface area contributed by atoms with Crippen molar-refractivity contribution in [1.82, 2.24) is 4.98 Å². The van der Waals surface area contributed by atoms with Gasteiger partial charge in [0.1, 0.15) is 11.7 Å². The van der Waals surface area contributed by atoms with Gasteiger partial charge >= 0.3 is 0 Å². The lowest BCUT2D eigenvalue weighted by Gasteiger charge is -2.31. The van der Waals surface area contributed by atoms with Gasteiger partial charge in [-0.1, -0.05) is 12.1 Å². The van der Waals surface area contributed by atoms with Crippen molar-refractivity contribution < 1.29 is 4.74 Å². The van der Waals surface area contributed by atoms with Gasteiger partial charge in [-0.15, -0.1) is 0 Å². The number of rotatable bonds is 1. The minimum atomic E-state index is -0.627. The van der Waals surface area contributed by atoms with Gasteiger partial charge < -0.3 is 9.64 Å². The Morgan fingerprint density at radius 3 is 2.96 bits per heavy atom. The van der Waals surface area contributed by atoms with Crippen LogP contribution in [0.1, 0.15) is 28.2 Å². The van der Waals surface area contributed by atoms with Crippen LogP contribution in [0.4, 0.5) is 5.69 Å². The van der Waals surface area contributed by atoms with Crippen molar-refractivity contribution in [3.63, 3.8) is 0 Å². The normalized spacial score (nSPS) is 21.7. The van der Waals surface area contributed by atoms with Crippen molar-refractivity contribution in [2.24, 2.45) is 5.92 Å². The third-order valence-corrected chi connectivity index (χ3v) is 4.93. The summed E-state index contributed by atoms with van der Waals surface area (Å²) >= 11 is 0. The fourth-order valence-electron chi connectivity index (χ4n) is 3.76. The Bertz CT molecular complexity index is 883. The van der Waals surface area contributed by atoms with E-state index in [1.807, 2.05) is 19.1 Å². The molecule has 2 aliphatic rings. The number of aryl methyl sites for hydroxylation is 1. The molecular weight excluding hydrogens is 300 g/mol. The SMILES string of the molecule is Cc1cncc(C2c3ccc4c(c3OC(=N)C2C#N)CCN4C)c1. The maximum Gasteiger partial charge on any atom is 0.205 e. The van der Waals surface area contributed by atoms with E-state index in [9.17, 15) is 5.26 Å². The molecule has 24 heavy (non-hydrogen) atoms. The second kappa shape index (κ2) is 5.34. The molecule has 1 aromatic carbocycles. The van der Waals surface area contributed by atoms with Crippen molar-refractivity contribution in [1.29, 1.82) is 10.7 Å². The van der Waals surface area contributed by atoms with E-state index in [2.05, 4.69) is 29.1 Å². The molecule has 0 saturated heterocycles. The molecule has 120 valence electrons. The molecule has 0 amide bonds. The third-order valence-electron chi connectivity index (χ3n) is 4.93. The molecule has 2 aliphatic heterocycles. The molecule has 0 spiro atoms. The van der Waals surface area contributed by atoms with Crippen LogP contribution in [-0.2, 0) is 6.42 Å². The molecule has 1 aromatic heterocycles. The first-order valence-corrected chi connectivity index (χ1v) is 8.04. The van der Waals surface area contributed by atoms with Gasteiger partial charge in [0.15, 0.2) is 0 Å². The summed E-state index contributed by atoms with van der Waals surface area (Å²) < 4.78 is 5.82. The number of ether oxygens (including phenoxy) is 1. The van der Waals surface area contributed by atoms with Crippen LogP contribution in [0.3, 0.4) is 0 Å². The second-order valence-corrected chi connectivity index (χ2v) is 6.50. The Hall–Kier alpha value is -2.87. The Morgan fingerprint density at radius 1 is 1.38 bits per heavy atom. The van der Waals surface area contributed by atoms with Crippen LogP contribution >= 0.6 is 0 Å². The van der Waals surface area contributed by atoms with Gasteiger partial charge in [0, 0.05) is 48.7 Å². The van der Waals surface area contributed by atoms with E-state index in [-0.39, 0.29) is 11.8 Å². The molecule has 0 fully saturated rings. The predicted molar refractivity (Wildman–Crippen MR) is 91.7 cm³/mol. The zero-order valence-corrected chi connectivity index (χ0v) is 13.7. The zero-order valence-electron chi connectivity index (χ0n) is 13.7. The predicted octanol–water partition coefficient (Wildman–Crippen LogP) is 3.02. The highest BCUT2D eigenvalue weighted by Crippen LogP contribution is 2.47. The summed E-state index contributed by atoms with van der Waals surface area (Å²) in [4.78, 5) is 6.48. The summed E-state index contributed by atoms with van der Waals surface area (Å²) in [6.45, 7) is 2.93. The van der Waals surface area contributed by atoms with Crippen LogP contribution in [0.25, 0.3) is 0 Å². The Labute approximate surface area is 141 Å². The lowest BCUT2D eigenvalue weighted by Crippen LogP contribution is -2.31. The molecule has 1 N–H and O–H groups in total. The fraction of sp³-hybridized carbons (Fsp3) is 0.316. The molecule has 0 saturated carbocycles. The zero-order chi connectivity index (χ0) is 16.8. The highest BCUT2D eigenvalue weighted by atomic mass is 16.5. The highest BCUT2D eigenvalue weighted by Gasteiger charge is 2.39. The van der Waals surface area contributed by atoms with Crippen LogP contribution < -0.4 is 9.64 Å². The van der Waals surface area contributed by atoms with Crippen LogP contribution in [-0.4, -0.2) is 24.5 Å². The topological polar surface area (TPSA) is 73.0 Å². The first-order chi connectivity index (χ1) is 11.6. The largest absolute Gasteiger partial charge is 0.441 e. The maximum absolute atomic E-state index is 9.62. The van der Waals surface area contributed by atoms with Crippen LogP contribution in [0.5, 0.6) is 5.75 Å². The summed E-state index contributed by atoms with van der Waals surface area (Å²) in [6.07, 6.45) is 4.50. The van der Waals surface area contributed by atoms with Gasteiger partial charge in [-0.3, -0.25) is 10.4 Å². The molecule has 0 aliphatic carbocycles. The van der Waals surface area contributed by atoms with Crippen LogP contribution in [0, 0.1) is 29.6 Å². The van der Waals surface area contributed by atoms with Crippen LogP contribution in [0.15, 0.2) is 30.6 Å². The Morgan fingerprint density at radius 2 is 2.21 bits per heavy atom. The first-order valence-electron chi connectivity index (χ1n) is 8.04. The van der Waals surface area contributed by atoms with Gasteiger partial charge in [-0.25, -0.2) is 0 Å². The van der Waals surface area contributed by atoms with Crippen molar-refractivity contribution in [2.45, 2.75) is 19.3 Å². The quantitative estimate of drug-likeness (QED) is 0.877. The van der Waals surface area contributed by atoms with E-state index in [1.165, 1.54) is 0 Å². The summed E-state index contributed by atoms with van der Waals surface area (Å²) in [7, 11) is 2.06. The second-order valence-electron chi connectivity index (χ2n) is 6.50. The summed E-state index contributed by atoms with van der Waals surface area (Å²) in [5.74, 6) is -0.0487. The minimum absolute atomic E-state index is 0.0273. The number of pyridine rings is 1. The van der Waals surface area contributed by atoms with Crippen LogP contribution in [0.2, 0.25) is 0 Å². The number of nitrogens with zero attached hydrogens (tertiary/aromatic N) is 3. The smallest absolute Gasteiger partial charge is 0.205 e. The number of benzene rings is 1. The molecule has 4 rings (SSSR count). The number of hydrogen-bond acceptors (Lipinski definition) is 5. The molecule has 2 unspecified atom stereocenters. The summed E-state index contributed by atoms with van der Waals surface area (Å²) in [5, 5.41) is 17.9. The lowest BCUT2D eigenvalue weighted by atomic mass is 9.78. The van der Waals surface area contributed by atoms with E-state index in [1.54, 1.807) is 12.4 Å². The minimum Gasteiger partial charge on any atom is -0.441 e. The van der Waals surface area contributed by atoms with Gasteiger partial charge in [0.25, 0.3) is 0 Å². The van der Waals surface area contributed by atoms with Crippen molar-refractivity contribution in [3.8, 4) is 11.8 Å². The van der Waals surface area contributed by atoms with E-state index in [0.717, 1.165) is 46.7 Å². The lowest BCUT2D eigenvalue weighted by molar-refractivity contribution is 0.446. The van der Waals surface area contributed by atoms with Crippen molar-refractivity contribution in [2.75, 3.05) is 18.5 Å². The number of hydrogen-bond donors (Lipinski definition) is 1. The van der Waals surface area contributed by atoms with E-state index in [4.69, 9.17) is 10.1 Å². The summed E-state index contributed by atoms with van der Waals surface area (Å²) in [6, 6.07) is 8.44. The number of nitriles is 1. The fourth-order valence-corrected chi connectivity index (χ4v) is 3.76. The van der Waals surface area contributed by atoms with Crippen molar-refractivity contribution in [3.05, 3.63) is 52.8 Å². The number of fused-ring (bicyclic) bond motifs is 3. The van der Waals surface area contributed by atoms with Gasteiger partial charge in [0.2, 0.25) is 5.90 Å². The van der Waals surface area contributed by atoms with E-state index >= 15 is 0 Å². The molecule has 3 heterocycles. The number of likely N-dealkylation sites (N-methyl/N-ethyl adjacent to an activating group) is 1. The third kappa shape index (κ3) is 2.07. The number of nitrogens with one attached hydrogen (secondary N) is 1. The average molecular weight is 318 g/mol. The number of aromatic nitrogens is 1. The molecular formula is C19H18N4O. The van der Waals surface area contributed by atoms with Gasteiger partial charge in [-0.2, -0.15) is 5.26 Å². The average Bonchev–Trinajstić information content (AvgIpc) is 2.95. The maximum atomic E-state index is 9.62. The Balaban J connectivity index is 1.93.